The molecule has 1 aliphatic heterocycles. The molecule has 0 bridgehead atoms. The number of carbonyl (C=O) groups is 1. The number of aryl methyl sites for hydroxylation is 1. The van der Waals surface area contributed by atoms with Crippen molar-refractivity contribution in [2.45, 2.75) is 18.8 Å². The fraction of sp³-hybridized carbons (Fsp3) is 0.273. The summed E-state index contributed by atoms with van der Waals surface area (Å²) in [4.78, 5) is 23.5. The van der Waals surface area contributed by atoms with Gasteiger partial charge >= 0.3 is 0 Å². The second kappa shape index (κ2) is 7.24. The van der Waals surface area contributed by atoms with E-state index in [1.165, 1.54) is 18.2 Å². The Labute approximate surface area is 168 Å². The minimum absolute atomic E-state index is 0.0796. The van der Waals surface area contributed by atoms with Crippen molar-refractivity contribution in [1.82, 2.24) is 24.6 Å². The van der Waals surface area contributed by atoms with Crippen LogP contribution in [0.2, 0.25) is 0 Å². The molecule has 1 fully saturated rings. The molecule has 1 aliphatic rings. The third-order valence-electron chi connectivity index (χ3n) is 5.40. The maximum Gasteiger partial charge on any atom is 0.245 e. The summed E-state index contributed by atoms with van der Waals surface area (Å²) >= 11 is 0. The van der Waals surface area contributed by atoms with Crippen molar-refractivity contribution in [2.75, 3.05) is 13.1 Å². The van der Waals surface area contributed by atoms with E-state index in [-0.39, 0.29) is 17.1 Å². The minimum Gasteiger partial charge on any atom is -0.338 e. The van der Waals surface area contributed by atoms with Crippen molar-refractivity contribution in [1.29, 1.82) is 0 Å². The molecule has 0 unspecified atom stereocenters. The zero-order chi connectivity index (χ0) is 20.6. The number of hydrogen-bond acceptors (Lipinski definition) is 4. The number of likely N-dealkylation sites (tertiary alicyclic amines) is 1. The average Bonchev–Trinajstić information content (AvgIpc) is 3.34. The Morgan fingerprint density at radius 2 is 2.00 bits per heavy atom. The van der Waals surface area contributed by atoms with E-state index in [0.29, 0.717) is 30.2 Å². The molecule has 0 radical (unpaired) electrons. The molecule has 2 aromatic heterocycles. The molecular weight excluding hydrogens is 369 g/mol. The summed E-state index contributed by atoms with van der Waals surface area (Å²) in [6, 6.07) is 8.07. The molecule has 0 N–H and O–H groups in total. The second-order valence-corrected chi connectivity index (χ2v) is 7.61. The highest BCUT2D eigenvalue weighted by atomic mass is 19.1. The number of benzene rings is 1. The number of nitrogens with zero attached hydrogens (tertiary/aromatic N) is 5. The zero-order valence-electron chi connectivity index (χ0n) is 16.5. The van der Waals surface area contributed by atoms with Crippen molar-refractivity contribution in [3.8, 4) is 22.6 Å². The summed E-state index contributed by atoms with van der Waals surface area (Å²) in [5, 5.41) is 4.52. The van der Waals surface area contributed by atoms with Crippen LogP contribution in [0.4, 0.5) is 4.39 Å². The minimum atomic E-state index is -0.347. The summed E-state index contributed by atoms with van der Waals surface area (Å²) in [6.45, 7) is 6.87. The first-order valence-corrected chi connectivity index (χ1v) is 9.44. The Morgan fingerprint density at radius 1 is 1.24 bits per heavy atom. The maximum absolute atomic E-state index is 13.3. The van der Waals surface area contributed by atoms with Crippen LogP contribution in [0.15, 0.2) is 55.4 Å². The molecule has 29 heavy (non-hydrogen) atoms. The van der Waals surface area contributed by atoms with Crippen LogP contribution >= 0.6 is 0 Å². The van der Waals surface area contributed by atoms with Crippen LogP contribution in [0, 0.1) is 5.82 Å². The van der Waals surface area contributed by atoms with Gasteiger partial charge in [0.25, 0.3) is 0 Å². The molecule has 0 aliphatic carbocycles. The third-order valence-corrected chi connectivity index (χ3v) is 5.40. The van der Waals surface area contributed by atoms with E-state index in [4.69, 9.17) is 9.97 Å². The lowest BCUT2D eigenvalue weighted by Crippen LogP contribution is -2.32. The van der Waals surface area contributed by atoms with Crippen molar-refractivity contribution >= 4 is 5.91 Å². The van der Waals surface area contributed by atoms with E-state index in [2.05, 4.69) is 18.6 Å². The van der Waals surface area contributed by atoms with E-state index in [1.54, 1.807) is 27.9 Å². The van der Waals surface area contributed by atoms with Gasteiger partial charge in [-0.05, 0) is 42.8 Å². The highest BCUT2D eigenvalue weighted by Crippen LogP contribution is 2.38. The molecule has 3 heterocycles. The van der Waals surface area contributed by atoms with E-state index in [1.807, 2.05) is 19.3 Å². The maximum atomic E-state index is 13.3. The molecule has 3 aromatic rings. The number of aromatic nitrogens is 4. The number of amides is 1. The number of rotatable bonds is 4. The Morgan fingerprint density at radius 3 is 2.66 bits per heavy atom. The van der Waals surface area contributed by atoms with Crippen molar-refractivity contribution < 1.29 is 9.18 Å². The van der Waals surface area contributed by atoms with Crippen LogP contribution < -0.4 is 0 Å². The summed E-state index contributed by atoms with van der Waals surface area (Å²) in [5.41, 5.74) is 3.29. The molecular formula is C22H22FN5O. The third kappa shape index (κ3) is 3.55. The van der Waals surface area contributed by atoms with Crippen LogP contribution in [0.25, 0.3) is 22.6 Å². The van der Waals surface area contributed by atoms with Gasteiger partial charge in [0.05, 0.1) is 17.6 Å². The molecule has 0 saturated carbocycles. The molecule has 6 nitrogen and oxygen atoms in total. The average molecular weight is 391 g/mol. The number of carbonyl (C=O) groups excluding carboxylic acids is 1. The lowest BCUT2D eigenvalue weighted by Gasteiger charge is -2.25. The Bertz CT molecular complexity index is 1080. The fourth-order valence-electron chi connectivity index (χ4n) is 3.78. The van der Waals surface area contributed by atoms with Crippen molar-refractivity contribution in [3.05, 3.63) is 66.9 Å². The van der Waals surface area contributed by atoms with Gasteiger partial charge in [-0.2, -0.15) is 5.10 Å². The topological polar surface area (TPSA) is 63.9 Å². The van der Waals surface area contributed by atoms with E-state index < -0.39 is 0 Å². The van der Waals surface area contributed by atoms with Crippen LogP contribution in [-0.2, 0) is 17.3 Å². The van der Waals surface area contributed by atoms with Crippen LogP contribution in [0.1, 0.15) is 19.0 Å². The van der Waals surface area contributed by atoms with E-state index in [9.17, 15) is 9.18 Å². The van der Waals surface area contributed by atoms with E-state index in [0.717, 1.165) is 17.7 Å². The molecule has 148 valence electrons. The molecule has 4 rings (SSSR count). The van der Waals surface area contributed by atoms with Gasteiger partial charge in [-0.1, -0.05) is 13.5 Å². The number of halogens is 1. The van der Waals surface area contributed by atoms with Gasteiger partial charge in [0, 0.05) is 37.3 Å². The predicted molar refractivity (Wildman–Crippen MR) is 108 cm³/mol. The highest BCUT2D eigenvalue weighted by Gasteiger charge is 2.40. The van der Waals surface area contributed by atoms with Gasteiger partial charge in [-0.15, -0.1) is 0 Å². The standard InChI is InChI=1S/C22H22FN5O/c1-4-19(29)28-12-10-22(2,14-28)21-20(17-9-11-27(3)26-17)25-18(13-24-21)15-5-7-16(23)8-6-15/h4-9,11,13H,1,10,12,14H2,2-3H3/t22-/m1/s1. The van der Waals surface area contributed by atoms with Crippen molar-refractivity contribution in [2.24, 2.45) is 7.05 Å². The first-order valence-electron chi connectivity index (χ1n) is 9.44. The Balaban J connectivity index is 1.80. The number of hydrogen-bond donors (Lipinski definition) is 0. The van der Waals surface area contributed by atoms with Crippen molar-refractivity contribution in [3.63, 3.8) is 0 Å². The largest absolute Gasteiger partial charge is 0.338 e. The molecule has 1 amide bonds. The smallest absolute Gasteiger partial charge is 0.245 e. The Hall–Kier alpha value is -3.35. The molecule has 1 aromatic carbocycles. The van der Waals surface area contributed by atoms with Crippen LogP contribution in [-0.4, -0.2) is 43.6 Å². The second-order valence-electron chi connectivity index (χ2n) is 7.61. The summed E-state index contributed by atoms with van der Waals surface area (Å²) < 4.78 is 15.0. The van der Waals surface area contributed by atoms with Gasteiger partial charge in [-0.25, -0.2) is 9.37 Å². The summed E-state index contributed by atoms with van der Waals surface area (Å²) in [6.07, 6.45) is 5.68. The highest BCUT2D eigenvalue weighted by molar-refractivity contribution is 5.87. The predicted octanol–water partition coefficient (Wildman–Crippen LogP) is 3.36. The fourth-order valence-corrected chi connectivity index (χ4v) is 3.78. The van der Waals surface area contributed by atoms with Crippen LogP contribution in [0.5, 0.6) is 0 Å². The first kappa shape index (κ1) is 19.0. The lowest BCUT2D eigenvalue weighted by atomic mass is 9.83. The lowest BCUT2D eigenvalue weighted by molar-refractivity contribution is -0.125. The molecule has 1 atom stereocenters. The van der Waals surface area contributed by atoms with Gasteiger partial charge < -0.3 is 4.90 Å². The normalized spacial score (nSPS) is 18.8. The van der Waals surface area contributed by atoms with E-state index >= 15 is 0 Å². The monoisotopic (exact) mass is 391 g/mol. The molecule has 0 spiro atoms. The summed E-state index contributed by atoms with van der Waals surface area (Å²) in [7, 11) is 1.85. The van der Waals surface area contributed by atoms with Gasteiger partial charge in [0.2, 0.25) is 5.91 Å². The first-order chi connectivity index (χ1) is 13.9. The van der Waals surface area contributed by atoms with Gasteiger partial charge in [-0.3, -0.25) is 14.5 Å². The quantitative estimate of drug-likeness (QED) is 0.640. The molecule has 1 saturated heterocycles. The summed E-state index contributed by atoms with van der Waals surface area (Å²) in [5.74, 6) is -0.377. The van der Waals surface area contributed by atoms with Gasteiger partial charge in [0.1, 0.15) is 17.2 Å². The zero-order valence-corrected chi connectivity index (χ0v) is 16.5. The van der Waals surface area contributed by atoms with Gasteiger partial charge in [0.15, 0.2) is 0 Å². The Kier molecular flexibility index (Phi) is 4.74. The molecule has 7 heteroatoms. The van der Waals surface area contributed by atoms with Crippen LogP contribution in [0.3, 0.4) is 0 Å². The SMILES string of the molecule is C=CC(=O)N1CC[C@@](C)(c2ncc(-c3ccc(F)cc3)nc2-c2ccn(C)n2)C1.